The Kier molecular flexibility index (Phi) is 3.01. The van der Waals surface area contributed by atoms with E-state index in [1.807, 2.05) is 0 Å². The van der Waals surface area contributed by atoms with E-state index in [1.165, 1.54) is 25.7 Å². The number of anilines is 1. The molecule has 1 aromatic heterocycles. The lowest BCUT2D eigenvalue weighted by molar-refractivity contribution is 0.367. The number of nitrogens with zero attached hydrogens (tertiary/aromatic N) is 3. The second kappa shape index (κ2) is 4.64. The third kappa shape index (κ3) is 2.44. The molecule has 0 amide bonds. The molecule has 17 heavy (non-hydrogen) atoms. The highest BCUT2D eigenvalue weighted by atomic mass is 16.5. The minimum atomic E-state index is 0.542. The van der Waals surface area contributed by atoms with Crippen molar-refractivity contribution in [3.05, 3.63) is 5.89 Å². The summed E-state index contributed by atoms with van der Waals surface area (Å²) in [5, 5.41) is 4.10. The normalized spacial score (nSPS) is 25.2. The predicted octanol–water partition coefficient (Wildman–Crippen LogP) is 1.51. The first-order chi connectivity index (χ1) is 8.36. The van der Waals surface area contributed by atoms with Gasteiger partial charge in [0.1, 0.15) is 0 Å². The summed E-state index contributed by atoms with van der Waals surface area (Å²) in [4.78, 5) is 6.76. The zero-order valence-electron chi connectivity index (χ0n) is 10.1. The second-order valence-corrected chi connectivity index (χ2v) is 5.24. The monoisotopic (exact) mass is 236 g/mol. The first-order valence-corrected chi connectivity index (χ1v) is 6.65. The van der Waals surface area contributed by atoms with Gasteiger partial charge in [-0.3, -0.25) is 0 Å². The third-order valence-corrected chi connectivity index (χ3v) is 3.73. The van der Waals surface area contributed by atoms with Crippen LogP contribution in [-0.4, -0.2) is 29.8 Å². The molecule has 1 aromatic rings. The van der Waals surface area contributed by atoms with Gasteiger partial charge >= 0.3 is 0 Å². The van der Waals surface area contributed by atoms with Crippen molar-refractivity contribution < 1.29 is 4.52 Å². The Bertz CT molecular complexity index is 372. The summed E-state index contributed by atoms with van der Waals surface area (Å²) in [6, 6.07) is 0. The summed E-state index contributed by atoms with van der Waals surface area (Å²) in [7, 11) is 0. The fourth-order valence-electron chi connectivity index (χ4n) is 2.57. The van der Waals surface area contributed by atoms with Crippen LogP contribution in [0.3, 0.4) is 0 Å². The molecule has 1 saturated heterocycles. The van der Waals surface area contributed by atoms with E-state index in [9.17, 15) is 0 Å². The van der Waals surface area contributed by atoms with Crippen molar-refractivity contribution in [2.45, 2.75) is 38.0 Å². The highest BCUT2D eigenvalue weighted by Gasteiger charge is 2.31. The second-order valence-electron chi connectivity index (χ2n) is 5.24. The Hall–Kier alpha value is -1.10. The van der Waals surface area contributed by atoms with Gasteiger partial charge in [-0.05, 0) is 49.7 Å². The molecule has 2 N–H and O–H groups in total. The van der Waals surface area contributed by atoms with Crippen molar-refractivity contribution >= 4 is 5.95 Å². The van der Waals surface area contributed by atoms with Crippen molar-refractivity contribution in [3.8, 4) is 0 Å². The van der Waals surface area contributed by atoms with Crippen molar-refractivity contribution in [2.75, 3.05) is 24.5 Å². The van der Waals surface area contributed by atoms with Gasteiger partial charge < -0.3 is 15.2 Å². The van der Waals surface area contributed by atoms with Gasteiger partial charge in [0.2, 0.25) is 5.89 Å². The average molecular weight is 236 g/mol. The van der Waals surface area contributed by atoms with E-state index in [4.69, 9.17) is 10.3 Å². The van der Waals surface area contributed by atoms with Gasteiger partial charge in [0, 0.05) is 19.0 Å². The van der Waals surface area contributed by atoms with E-state index in [-0.39, 0.29) is 0 Å². The molecule has 3 rings (SSSR count). The van der Waals surface area contributed by atoms with Gasteiger partial charge in [-0.1, -0.05) is 0 Å². The first-order valence-electron chi connectivity index (χ1n) is 6.65. The Balaban J connectivity index is 1.65. The molecule has 5 nitrogen and oxygen atoms in total. The van der Waals surface area contributed by atoms with E-state index in [1.54, 1.807) is 0 Å². The predicted molar refractivity (Wildman–Crippen MR) is 64.9 cm³/mol. The molecule has 0 aromatic carbocycles. The molecular weight excluding hydrogens is 216 g/mol. The van der Waals surface area contributed by atoms with Crippen molar-refractivity contribution in [1.29, 1.82) is 0 Å². The van der Waals surface area contributed by atoms with E-state index in [2.05, 4.69) is 15.0 Å². The molecule has 2 fully saturated rings. The highest BCUT2D eigenvalue weighted by Crippen LogP contribution is 2.39. The van der Waals surface area contributed by atoms with Crippen LogP contribution in [0.1, 0.15) is 43.9 Å². The van der Waals surface area contributed by atoms with Gasteiger partial charge in [-0.15, -0.1) is 0 Å². The lowest BCUT2D eigenvalue weighted by Crippen LogP contribution is -2.36. The average Bonchev–Trinajstić information content (AvgIpc) is 3.08. The van der Waals surface area contributed by atoms with Crippen LogP contribution in [0.2, 0.25) is 0 Å². The Labute approximate surface area is 101 Å². The molecule has 0 bridgehead atoms. The van der Waals surface area contributed by atoms with Crippen LogP contribution < -0.4 is 10.6 Å². The van der Waals surface area contributed by atoms with Gasteiger partial charge in [-0.25, -0.2) is 0 Å². The third-order valence-electron chi connectivity index (χ3n) is 3.73. The maximum atomic E-state index is 5.63. The number of piperidine rings is 1. The molecule has 1 atom stereocenters. The quantitative estimate of drug-likeness (QED) is 0.858. The molecule has 2 aliphatic rings. The van der Waals surface area contributed by atoms with Crippen LogP contribution in [0.15, 0.2) is 4.52 Å². The summed E-state index contributed by atoms with van der Waals surface area (Å²) in [6.07, 6.45) is 6.00. The van der Waals surface area contributed by atoms with Crippen LogP contribution in [0.4, 0.5) is 5.95 Å². The number of nitrogens with two attached hydrogens (primary N) is 1. The molecular formula is C12H20N4O. The summed E-state index contributed by atoms with van der Waals surface area (Å²) < 4.78 is 5.31. The summed E-state index contributed by atoms with van der Waals surface area (Å²) in [5.41, 5.74) is 5.63. The van der Waals surface area contributed by atoms with Crippen LogP contribution >= 0.6 is 0 Å². The lowest BCUT2D eigenvalue weighted by atomic mass is 9.95. The number of aromatic nitrogens is 2. The molecule has 1 aliphatic carbocycles. The topological polar surface area (TPSA) is 68.2 Å². The van der Waals surface area contributed by atoms with Crippen molar-refractivity contribution in [3.63, 3.8) is 0 Å². The van der Waals surface area contributed by atoms with Gasteiger partial charge in [-0.2, -0.15) is 4.98 Å². The standard InChI is InChI=1S/C12H20N4O/c13-6-5-9-2-1-7-16(8-9)12-14-11(17-15-12)10-3-4-10/h9-10H,1-8,13H2/t9-/m0/s1. The number of hydrogen-bond acceptors (Lipinski definition) is 5. The fraction of sp³-hybridized carbons (Fsp3) is 0.833. The van der Waals surface area contributed by atoms with E-state index in [0.717, 1.165) is 37.9 Å². The smallest absolute Gasteiger partial charge is 0.266 e. The highest BCUT2D eigenvalue weighted by molar-refractivity contribution is 5.29. The van der Waals surface area contributed by atoms with Crippen LogP contribution in [0.5, 0.6) is 0 Å². The first kappa shape index (κ1) is 11.0. The maximum Gasteiger partial charge on any atom is 0.266 e. The summed E-state index contributed by atoms with van der Waals surface area (Å²) in [6.45, 7) is 2.85. The van der Waals surface area contributed by atoms with E-state index < -0.39 is 0 Å². The molecule has 0 spiro atoms. The van der Waals surface area contributed by atoms with Crippen LogP contribution in [0, 0.1) is 5.92 Å². The molecule has 5 heteroatoms. The zero-order chi connectivity index (χ0) is 11.7. The van der Waals surface area contributed by atoms with Gasteiger partial charge in [0.15, 0.2) is 0 Å². The number of rotatable bonds is 4. The Morgan fingerprint density at radius 1 is 1.35 bits per heavy atom. The molecule has 1 aliphatic heterocycles. The summed E-state index contributed by atoms with van der Waals surface area (Å²) in [5.74, 6) is 2.85. The largest absolute Gasteiger partial charge is 0.338 e. The molecule has 0 unspecified atom stereocenters. The number of hydrogen-bond donors (Lipinski definition) is 1. The lowest BCUT2D eigenvalue weighted by Gasteiger charge is -2.31. The zero-order valence-corrected chi connectivity index (χ0v) is 10.1. The minimum absolute atomic E-state index is 0.542. The molecule has 2 heterocycles. The van der Waals surface area contributed by atoms with Crippen molar-refractivity contribution in [1.82, 2.24) is 10.1 Å². The van der Waals surface area contributed by atoms with E-state index in [0.29, 0.717) is 11.8 Å². The van der Waals surface area contributed by atoms with E-state index >= 15 is 0 Å². The SMILES string of the molecule is NCC[C@@H]1CCCN(c2noc(C3CC3)n2)C1. The molecule has 0 radical (unpaired) electrons. The summed E-state index contributed by atoms with van der Waals surface area (Å²) >= 11 is 0. The van der Waals surface area contributed by atoms with Gasteiger partial charge in [0.25, 0.3) is 5.95 Å². The Morgan fingerprint density at radius 3 is 3.00 bits per heavy atom. The van der Waals surface area contributed by atoms with Gasteiger partial charge in [0.05, 0.1) is 0 Å². The van der Waals surface area contributed by atoms with Crippen LogP contribution in [-0.2, 0) is 0 Å². The maximum absolute atomic E-state index is 5.63. The van der Waals surface area contributed by atoms with Crippen LogP contribution in [0.25, 0.3) is 0 Å². The molecule has 1 saturated carbocycles. The molecule has 94 valence electrons. The Morgan fingerprint density at radius 2 is 2.24 bits per heavy atom. The van der Waals surface area contributed by atoms with Crippen molar-refractivity contribution in [2.24, 2.45) is 11.7 Å². The minimum Gasteiger partial charge on any atom is -0.338 e. The fourth-order valence-corrected chi connectivity index (χ4v) is 2.57.